The van der Waals surface area contributed by atoms with E-state index in [-0.39, 0.29) is 48.1 Å². The second kappa shape index (κ2) is 11.7. The third kappa shape index (κ3) is 4.72. The van der Waals surface area contributed by atoms with E-state index in [2.05, 4.69) is 0 Å². The molecule has 4 amide bonds. The molecule has 8 rings (SSSR count). The monoisotopic (exact) mass is 672 g/mol. The summed E-state index contributed by atoms with van der Waals surface area (Å²) in [5.74, 6) is -4.25. The molecule has 4 aromatic rings. The Morgan fingerprint density at radius 3 is 2.14 bits per heavy atom. The molecule has 4 aliphatic rings. The average Bonchev–Trinajstić information content (AvgIpc) is 3.49. The Morgan fingerprint density at radius 2 is 1.45 bits per heavy atom. The largest absolute Gasteiger partial charge is 0.508 e. The predicted molar refractivity (Wildman–Crippen MR) is 183 cm³/mol. The molecule has 2 N–H and O–H groups in total. The quantitative estimate of drug-likeness (QED) is 0.187. The first-order valence-corrected chi connectivity index (χ1v) is 16.9. The number of rotatable bonds is 6. The van der Waals surface area contributed by atoms with Crippen molar-refractivity contribution < 1.29 is 29.4 Å². The third-order valence-corrected chi connectivity index (χ3v) is 11.3. The van der Waals surface area contributed by atoms with Crippen LogP contribution >= 0.6 is 11.6 Å². The van der Waals surface area contributed by atoms with Crippen molar-refractivity contribution in [2.45, 2.75) is 30.6 Å². The van der Waals surface area contributed by atoms with Gasteiger partial charge in [0.05, 0.1) is 28.9 Å². The highest BCUT2D eigenvalue weighted by atomic mass is 35.5. The molecule has 2 aliphatic heterocycles. The maximum atomic E-state index is 15.2. The molecule has 6 unspecified atom stereocenters. The molecular formula is C40H33ClN2O6. The van der Waals surface area contributed by atoms with Crippen LogP contribution in [-0.4, -0.2) is 45.3 Å². The van der Waals surface area contributed by atoms with Gasteiger partial charge < -0.3 is 10.2 Å². The maximum absolute atomic E-state index is 15.2. The summed E-state index contributed by atoms with van der Waals surface area (Å²) in [5.41, 5.74) is 2.18. The molecule has 1 saturated carbocycles. The lowest BCUT2D eigenvalue weighted by molar-refractivity contribution is -0.140. The van der Waals surface area contributed by atoms with Crippen LogP contribution in [0, 0.1) is 23.7 Å². The number of phenols is 2. The summed E-state index contributed by atoms with van der Waals surface area (Å²) < 4.78 is 0. The van der Waals surface area contributed by atoms with Crippen molar-refractivity contribution in [2.24, 2.45) is 23.7 Å². The Labute approximate surface area is 288 Å². The van der Waals surface area contributed by atoms with Gasteiger partial charge in [0.2, 0.25) is 23.6 Å². The van der Waals surface area contributed by atoms with Crippen LogP contribution in [-0.2, 0) is 31.0 Å². The molecule has 6 atom stereocenters. The van der Waals surface area contributed by atoms with E-state index in [9.17, 15) is 24.6 Å². The van der Waals surface area contributed by atoms with Crippen LogP contribution in [0.3, 0.4) is 0 Å². The van der Waals surface area contributed by atoms with E-state index in [1.165, 1.54) is 9.80 Å². The van der Waals surface area contributed by atoms with Gasteiger partial charge in [-0.15, -0.1) is 0 Å². The lowest BCUT2D eigenvalue weighted by atomic mass is 9.49. The minimum Gasteiger partial charge on any atom is -0.508 e. The number of anilines is 1. The zero-order chi connectivity index (χ0) is 34.0. The number of carbonyl (C=O) groups excluding carboxylic acids is 4. The van der Waals surface area contributed by atoms with E-state index < -0.39 is 35.0 Å². The summed E-state index contributed by atoms with van der Waals surface area (Å²) in [6, 6.07) is 29.5. The number of imide groups is 2. The summed E-state index contributed by atoms with van der Waals surface area (Å²) in [6.45, 7) is 0.205. The fourth-order valence-corrected chi connectivity index (χ4v) is 9.16. The van der Waals surface area contributed by atoms with Crippen molar-refractivity contribution in [1.82, 2.24) is 4.90 Å². The van der Waals surface area contributed by atoms with E-state index in [0.717, 1.165) is 16.7 Å². The van der Waals surface area contributed by atoms with Gasteiger partial charge in [-0.25, -0.2) is 4.90 Å². The van der Waals surface area contributed by atoms with Gasteiger partial charge in [-0.3, -0.25) is 24.1 Å². The highest BCUT2D eigenvalue weighted by Crippen LogP contribution is 2.64. The molecule has 2 aliphatic carbocycles. The van der Waals surface area contributed by atoms with Crippen molar-refractivity contribution >= 4 is 40.9 Å². The smallest absolute Gasteiger partial charge is 0.246 e. The van der Waals surface area contributed by atoms with Gasteiger partial charge in [0.1, 0.15) is 11.5 Å². The first-order valence-electron chi connectivity index (χ1n) is 16.5. The highest BCUT2D eigenvalue weighted by Gasteiger charge is 2.70. The molecule has 0 radical (unpaired) electrons. The van der Waals surface area contributed by atoms with Gasteiger partial charge in [-0.05, 0) is 84.3 Å². The van der Waals surface area contributed by atoms with Crippen LogP contribution in [0.25, 0.3) is 0 Å². The fraction of sp³-hybridized carbons (Fsp3) is 0.250. The average molecular weight is 673 g/mol. The second-order valence-electron chi connectivity index (χ2n) is 13.4. The molecule has 4 aromatic carbocycles. The molecular weight excluding hydrogens is 640 g/mol. The number of halogens is 1. The number of aromatic hydroxyl groups is 2. The number of phenolic OH excluding ortho intramolecular Hbond substituents is 2. The molecule has 49 heavy (non-hydrogen) atoms. The Balaban J connectivity index is 1.26. The van der Waals surface area contributed by atoms with E-state index in [0.29, 0.717) is 29.1 Å². The lowest BCUT2D eigenvalue weighted by Crippen LogP contribution is -2.53. The molecule has 2 heterocycles. The standard InChI is InChI=1S/C40H33ClN2O6/c41-26-7-4-8-27(21-26)43-37(47)33-22-32-30(17-18-31-34(32)38(48)42(36(31)46)20-19-23-9-13-28(44)14-10-23)35(24-11-15-29(45)16-12-24)40(33,39(43)49)25-5-2-1-3-6-25/h1-17,21,31-35,44-45H,18-20,22H2. The van der Waals surface area contributed by atoms with Crippen LogP contribution in [0.2, 0.25) is 5.02 Å². The molecule has 8 nitrogen and oxygen atoms in total. The van der Waals surface area contributed by atoms with Crippen LogP contribution in [0.1, 0.15) is 35.4 Å². The highest BCUT2D eigenvalue weighted by molar-refractivity contribution is 6.32. The van der Waals surface area contributed by atoms with Crippen LogP contribution in [0.15, 0.2) is 115 Å². The van der Waals surface area contributed by atoms with Gasteiger partial charge in [0.15, 0.2) is 0 Å². The normalized spacial score (nSPS) is 27.5. The number of nitrogens with zero attached hydrogens (tertiary/aromatic N) is 2. The molecule has 2 saturated heterocycles. The molecule has 3 fully saturated rings. The van der Waals surface area contributed by atoms with Crippen LogP contribution in [0.5, 0.6) is 11.5 Å². The third-order valence-electron chi connectivity index (χ3n) is 11.0. The van der Waals surface area contributed by atoms with Gasteiger partial charge >= 0.3 is 0 Å². The number of hydrogen-bond donors (Lipinski definition) is 2. The van der Waals surface area contributed by atoms with Crippen molar-refractivity contribution in [3.8, 4) is 11.5 Å². The van der Waals surface area contributed by atoms with Crippen molar-refractivity contribution in [3.05, 3.63) is 136 Å². The van der Waals surface area contributed by atoms with E-state index in [1.807, 2.05) is 36.4 Å². The summed E-state index contributed by atoms with van der Waals surface area (Å²) in [7, 11) is 0. The summed E-state index contributed by atoms with van der Waals surface area (Å²) in [4.78, 5) is 60.7. The molecule has 0 bridgehead atoms. The Morgan fingerprint density at radius 1 is 0.755 bits per heavy atom. The lowest BCUT2D eigenvalue weighted by Gasteiger charge is -2.50. The fourth-order valence-electron chi connectivity index (χ4n) is 8.97. The number of carbonyl (C=O) groups is 4. The number of allylic oxidation sites excluding steroid dienone is 2. The number of amides is 4. The predicted octanol–water partition coefficient (Wildman–Crippen LogP) is 6.16. The Bertz CT molecular complexity index is 2030. The topological polar surface area (TPSA) is 115 Å². The van der Waals surface area contributed by atoms with Gasteiger partial charge in [-0.2, -0.15) is 0 Å². The zero-order valence-corrected chi connectivity index (χ0v) is 27.2. The summed E-state index contributed by atoms with van der Waals surface area (Å²) >= 11 is 6.37. The second-order valence-corrected chi connectivity index (χ2v) is 13.9. The number of likely N-dealkylation sites (tertiary alicyclic amines) is 1. The van der Waals surface area contributed by atoms with Gasteiger partial charge in [0, 0.05) is 17.5 Å². The number of hydrogen-bond acceptors (Lipinski definition) is 6. The van der Waals surface area contributed by atoms with E-state index in [1.54, 1.807) is 72.8 Å². The minimum atomic E-state index is -1.36. The van der Waals surface area contributed by atoms with Crippen molar-refractivity contribution in [1.29, 1.82) is 0 Å². The molecule has 9 heteroatoms. The number of benzene rings is 4. The Hall–Kier alpha value is -5.21. The minimum absolute atomic E-state index is 0.0642. The number of fused-ring (bicyclic) bond motifs is 4. The zero-order valence-electron chi connectivity index (χ0n) is 26.4. The first-order chi connectivity index (χ1) is 23.7. The molecule has 246 valence electrons. The summed E-state index contributed by atoms with van der Waals surface area (Å²) in [6.07, 6.45) is 3.02. The van der Waals surface area contributed by atoms with Gasteiger partial charge in [-0.1, -0.05) is 83.9 Å². The van der Waals surface area contributed by atoms with E-state index >= 15 is 4.79 Å². The van der Waals surface area contributed by atoms with Crippen molar-refractivity contribution in [3.63, 3.8) is 0 Å². The van der Waals surface area contributed by atoms with Gasteiger partial charge in [0.25, 0.3) is 0 Å². The Kier molecular flexibility index (Phi) is 7.45. The van der Waals surface area contributed by atoms with Crippen LogP contribution in [0.4, 0.5) is 5.69 Å². The SMILES string of the molecule is O=C1C2CC=C3C(CC4C(=O)N(c5cccc(Cl)c5)C(=O)C4(c4ccccc4)C3c3ccc(O)cc3)C2C(=O)N1CCc1ccc(O)cc1. The van der Waals surface area contributed by atoms with Crippen LogP contribution < -0.4 is 4.90 Å². The molecule has 0 spiro atoms. The first kappa shape index (κ1) is 31.1. The molecule has 0 aromatic heterocycles. The van der Waals surface area contributed by atoms with Crippen molar-refractivity contribution in [2.75, 3.05) is 11.4 Å². The maximum Gasteiger partial charge on any atom is 0.246 e. The van der Waals surface area contributed by atoms with E-state index in [4.69, 9.17) is 11.6 Å². The summed E-state index contributed by atoms with van der Waals surface area (Å²) in [5, 5.41) is 20.3.